The van der Waals surface area contributed by atoms with Crippen molar-refractivity contribution in [2.75, 3.05) is 39.5 Å². The fraction of sp³-hybridized carbons (Fsp3) is 1.00. The number of halogens is 1. The molecule has 194 valence electrons. The van der Waals surface area contributed by atoms with Gasteiger partial charge in [-0.3, -0.25) is 4.90 Å². The number of nitrogens with zero attached hydrogens (tertiary/aromatic N) is 1. The molecule has 5 fully saturated rings. The maximum atomic E-state index is 10.7. The largest absolute Gasteiger partial charge is 0.395 e. The summed E-state index contributed by atoms with van der Waals surface area (Å²) in [4.78, 5) is 2.00. The van der Waals surface area contributed by atoms with Crippen molar-refractivity contribution in [3.8, 4) is 0 Å². The molecule has 3 N–H and O–H groups in total. The third kappa shape index (κ3) is 6.84. The minimum Gasteiger partial charge on any atom is -0.395 e. The summed E-state index contributed by atoms with van der Waals surface area (Å²) in [6.45, 7) is 5.56. The highest BCUT2D eigenvalue weighted by Crippen LogP contribution is 2.60. The van der Waals surface area contributed by atoms with E-state index in [-0.39, 0.29) is 25.1 Å². The van der Waals surface area contributed by atoms with Gasteiger partial charge in [-0.2, -0.15) is 0 Å². The molecule has 6 nitrogen and oxygen atoms in total. The molecule has 0 unspecified atom stereocenters. The Labute approximate surface area is 206 Å². The fourth-order valence-electron chi connectivity index (χ4n) is 7.65. The first-order valence-electron chi connectivity index (χ1n) is 13.4. The number of aliphatic hydroxyl groups excluding tert-OH is 3. The molecule has 33 heavy (non-hydrogen) atoms. The van der Waals surface area contributed by atoms with Crippen LogP contribution in [0.25, 0.3) is 0 Å². The first kappa shape index (κ1) is 27.6. The smallest absolute Gasteiger partial charge is 0.112 e. The van der Waals surface area contributed by atoms with E-state index in [1.54, 1.807) is 0 Å². The maximum absolute atomic E-state index is 10.7. The van der Waals surface area contributed by atoms with E-state index < -0.39 is 18.3 Å². The van der Waals surface area contributed by atoms with Crippen molar-refractivity contribution in [3.63, 3.8) is 0 Å². The molecule has 5 rings (SSSR count). The third-order valence-electron chi connectivity index (χ3n) is 8.80. The van der Waals surface area contributed by atoms with Gasteiger partial charge in [0.15, 0.2) is 0 Å². The summed E-state index contributed by atoms with van der Waals surface area (Å²) >= 11 is 0. The van der Waals surface area contributed by atoms with E-state index in [2.05, 4.69) is 6.92 Å². The average Bonchev–Trinajstić information content (AvgIpc) is 2.75. The molecule has 4 bridgehead atoms. The van der Waals surface area contributed by atoms with E-state index in [1.807, 2.05) is 4.90 Å². The van der Waals surface area contributed by atoms with Crippen LogP contribution in [0.3, 0.4) is 0 Å². The van der Waals surface area contributed by atoms with Crippen LogP contribution in [0.1, 0.15) is 77.6 Å². The maximum Gasteiger partial charge on any atom is 0.112 e. The number of piperidine rings is 1. The highest BCUT2D eigenvalue weighted by atomic mass is 35.5. The van der Waals surface area contributed by atoms with Crippen LogP contribution in [0, 0.1) is 23.2 Å². The van der Waals surface area contributed by atoms with Gasteiger partial charge in [0.25, 0.3) is 0 Å². The second-order valence-electron chi connectivity index (χ2n) is 11.5. The van der Waals surface area contributed by atoms with Crippen molar-refractivity contribution in [1.82, 2.24) is 4.90 Å². The second kappa shape index (κ2) is 12.8. The van der Waals surface area contributed by atoms with Crippen LogP contribution in [-0.4, -0.2) is 84.1 Å². The Morgan fingerprint density at radius 3 is 2.15 bits per heavy atom. The zero-order chi connectivity index (χ0) is 22.6. The van der Waals surface area contributed by atoms with Gasteiger partial charge in [-0.05, 0) is 93.9 Å². The lowest BCUT2D eigenvalue weighted by atomic mass is 9.50. The Hall–Kier alpha value is 0.0500. The molecule has 0 aromatic carbocycles. The predicted molar refractivity (Wildman–Crippen MR) is 132 cm³/mol. The Bertz CT molecular complexity index is 544. The minimum atomic E-state index is -0.857. The molecule has 0 radical (unpaired) electrons. The second-order valence-corrected chi connectivity index (χ2v) is 11.5. The lowest BCUT2D eigenvalue weighted by molar-refractivity contribution is -0.168. The summed E-state index contributed by atoms with van der Waals surface area (Å²) in [5.74, 6) is 2.95. The van der Waals surface area contributed by atoms with E-state index in [0.29, 0.717) is 18.6 Å². The van der Waals surface area contributed by atoms with E-state index in [1.165, 1.54) is 38.5 Å². The van der Waals surface area contributed by atoms with E-state index in [9.17, 15) is 15.3 Å². The number of aliphatic hydroxyl groups is 3. The highest BCUT2D eigenvalue weighted by Gasteiger charge is 2.50. The summed E-state index contributed by atoms with van der Waals surface area (Å²) < 4.78 is 12.1. The van der Waals surface area contributed by atoms with Crippen LogP contribution in [-0.2, 0) is 9.47 Å². The van der Waals surface area contributed by atoms with Crippen molar-refractivity contribution >= 4 is 12.4 Å². The van der Waals surface area contributed by atoms with Gasteiger partial charge in [-0.25, -0.2) is 0 Å². The molecular weight excluding hydrogens is 442 g/mol. The SMILES string of the molecule is CCCCN1C[C@H](O)[C@@H](OCCCCCOCC23CC4CC(CC(C4)C2)C3)[C@H](O)[C@H]1CO.Cl. The van der Waals surface area contributed by atoms with Gasteiger partial charge in [0.1, 0.15) is 12.2 Å². The topological polar surface area (TPSA) is 82.4 Å². The van der Waals surface area contributed by atoms with E-state index in [0.717, 1.165) is 69.6 Å². The van der Waals surface area contributed by atoms with Gasteiger partial charge >= 0.3 is 0 Å². The average molecular weight is 490 g/mol. The van der Waals surface area contributed by atoms with Crippen LogP contribution in [0.5, 0.6) is 0 Å². The molecule has 0 aromatic rings. The molecule has 0 amide bonds. The monoisotopic (exact) mass is 489 g/mol. The molecule has 1 aliphatic heterocycles. The van der Waals surface area contributed by atoms with Gasteiger partial charge in [-0.15, -0.1) is 12.4 Å². The van der Waals surface area contributed by atoms with Gasteiger partial charge in [0.05, 0.1) is 25.4 Å². The molecule has 0 spiro atoms. The van der Waals surface area contributed by atoms with E-state index >= 15 is 0 Å². The van der Waals surface area contributed by atoms with Crippen LogP contribution < -0.4 is 0 Å². The third-order valence-corrected chi connectivity index (χ3v) is 8.80. The van der Waals surface area contributed by atoms with Crippen molar-refractivity contribution in [2.45, 2.75) is 102 Å². The number of hydrogen-bond acceptors (Lipinski definition) is 6. The predicted octanol–water partition coefficient (Wildman–Crippen LogP) is 3.40. The van der Waals surface area contributed by atoms with Crippen LogP contribution in [0.4, 0.5) is 0 Å². The Kier molecular flexibility index (Phi) is 10.8. The Morgan fingerprint density at radius 2 is 1.55 bits per heavy atom. The van der Waals surface area contributed by atoms with Gasteiger partial charge in [0, 0.05) is 19.8 Å². The molecule has 1 saturated heterocycles. The zero-order valence-corrected chi connectivity index (χ0v) is 21.4. The molecule has 4 aliphatic carbocycles. The van der Waals surface area contributed by atoms with Crippen molar-refractivity contribution < 1.29 is 24.8 Å². The fourth-order valence-corrected chi connectivity index (χ4v) is 7.65. The number of β-amino-alcohol motifs (C(OH)–C–C–N with tert-alkyl or cyclic N) is 1. The summed E-state index contributed by atoms with van der Waals surface area (Å²) in [7, 11) is 0. The van der Waals surface area contributed by atoms with Gasteiger partial charge in [0.2, 0.25) is 0 Å². The molecule has 4 atom stereocenters. The van der Waals surface area contributed by atoms with Gasteiger partial charge in [-0.1, -0.05) is 13.3 Å². The Balaban J connectivity index is 0.00000306. The molecule has 5 aliphatic rings. The summed E-state index contributed by atoms with van der Waals surface area (Å²) in [5, 5.41) is 30.9. The summed E-state index contributed by atoms with van der Waals surface area (Å²) in [6, 6.07) is -0.354. The number of unbranched alkanes of at least 4 members (excludes halogenated alkanes) is 3. The molecule has 0 aromatic heterocycles. The van der Waals surface area contributed by atoms with Crippen molar-refractivity contribution in [3.05, 3.63) is 0 Å². The number of ether oxygens (including phenoxy) is 2. The summed E-state index contributed by atoms with van der Waals surface area (Å²) in [6.07, 6.45) is 11.5. The minimum absolute atomic E-state index is 0. The molecular formula is C26H48ClNO5. The molecule has 4 saturated carbocycles. The lowest BCUT2D eigenvalue weighted by Crippen LogP contribution is -2.63. The first-order valence-corrected chi connectivity index (χ1v) is 13.4. The van der Waals surface area contributed by atoms with Gasteiger partial charge < -0.3 is 24.8 Å². The van der Waals surface area contributed by atoms with Crippen molar-refractivity contribution in [2.24, 2.45) is 23.2 Å². The normalized spacial score (nSPS) is 40.2. The highest BCUT2D eigenvalue weighted by molar-refractivity contribution is 5.85. The Morgan fingerprint density at radius 1 is 0.909 bits per heavy atom. The number of hydrogen-bond donors (Lipinski definition) is 3. The lowest BCUT2D eigenvalue weighted by Gasteiger charge is -2.56. The van der Waals surface area contributed by atoms with Crippen molar-refractivity contribution in [1.29, 1.82) is 0 Å². The standard InChI is InChI=1S/C26H47NO5.ClH/c1-2-3-7-27-16-23(29)25(24(30)22(27)17-28)32-9-6-4-5-8-31-18-26-13-19-10-20(14-26)12-21(11-19)15-26;/h19-25,28-30H,2-18H2,1H3;1H/t19?,20?,21?,22-,23+,24-,25-,26?;/m1./s1. The number of likely N-dealkylation sites (tertiary alicyclic amines) is 1. The van der Waals surface area contributed by atoms with E-state index in [4.69, 9.17) is 9.47 Å². The summed E-state index contributed by atoms with van der Waals surface area (Å²) in [5.41, 5.74) is 0.499. The molecule has 1 heterocycles. The molecule has 7 heteroatoms. The zero-order valence-electron chi connectivity index (χ0n) is 20.6. The van der Waals surface area contributed by atoms with Crippen LogP contribution in [0.2, 0.25) is 0 Å². The van der Waals surface area contributed by atoms with Crippen LogP contribution in [0.15, 0.2) is 0 Å². The van der Waals surface area contributed by atoms with Crippen LogP contribution >= 0.6 is 12.4 Å². The quantitative estimate of drug-likeness (QED) is 0.344. The number of rotatable bonds is 13. The first-order chi connectivity index (χ1) is 15.5.